The standard InChI is InChI=1S/C22H19BrFNO3/c1-22(2,3)14-11-12-17(23)20(13-14)28-19-10-5-4-7-15(19)16-8-6-9-18(21(16)24)25(26)27/h4-13H,1-3H3. The lowest BCUT2D eigenvalue weighted by Gasteiger charge is -2.21. The molecule has 0 aliphatic heterocycles. The molecule has 0 heterocycles. The lowest BCUT2D eigenvalue weighted by molar-refractivity contribution is -0.387. The second kappa shape index (κ2) is 7.72. The van der Waals surface area contributed by atoms with E-state index in [-0.39, 0.29) is 11.0 Å². The molecule has 0 bridgehead atoms. The van der Waals surface area contributed by atoms with Crippen molar-refractivity contribution in [2.75, 3.05) is 0 Å². The molecular formula is C22H19BrFNO3. The first kappa shape index (κ1) is 20.0. The van der Waals surface area contributed by atoms with Crippen LogP contribution in [0.5, 0.6) is 11.5 Å². The first-order chi connectivity index (χ1) is 13.2. The van der Waals surface area contributed by atoms with Crippen molar-refractivity contribution in [3.05, 3.63) is 86.6 Å². The van der Waals surface area contributed by atoms with E-state index in [1.165, 1.54) is 12.1 Å². The molecule has 0 saturated heterocycles. The number of benzene rings is 3. The maximum Gasteiger partial charge on any atom is 0.305 e. The lowest BCUT2D eigenvalue weighted by atomic mass is 9.87. The molecule has 4 nitrogen and oxygen atoms in total. The normalized spacial score (nSPS) is 11.3. The molecule has 0 spiro atoms. The zero-order valence-corrected chi connectivity index (χ0v) is 17.3. The predicted molar refractivity (Wildman–Crippen MR) is 111 cm³/mol. The molecule has 0 aromatic heterocycles. The summed E-state index contributed by atoms with van der Waals surface area (Å²) in [6.07, 6.45) is 0. The Morgan fingerprint density at radius 2 is 1.64 bits per heavy atom. The first-order valence-electron chi connectivity index (χ1n) is 8.68. The van der Waals surface area contributed by atoms with E-state index in [2.05, 4.69) is 36.7 Å². The molecule has 0 radical (unpaired) electrons. The summed E-state index contributed by atoms with van der Waals surface area (Å²) in [5.74, 6) is 0.116. The van der Waals surface area contributed by atoms with E-state index in [0.29, 0.717) is 17.1 Å². The molecule has 28 heavy (non-hydrogen) atoms. The third-order valence-electron chi connectivity index (χ3n) is 4.37. The van der Waals surface area contributed by atoms with E-state index in [4.69, 9.17) is 4.74 Å². The molecule has 0 aliphatic carbocycles. The van der Waals surface area contributed by atoms with Crippen molar-refractivity contribution in [1.82, 2.24) is 0 Å². The van der Waals surface area contributed by atoms with Crippen LogP contribution >= 0.6 is 15.9 Å². The number of nitro benzene ring substituents is 1. The highest BCUT2D eigenvalue weighted by Crippen LogP contribution is 2.40. The molecule has 0 saturated carbocycles. The Labute approximate surface area is 171 Å². The van der Waals surface area contributed by atoms with E-state index >= 15 is 0 Å². The van der Waals surface area contributed by atoms with Crippen LogP contribution in [0.15, 0.2) is 65.1 Å². The average Bonchev–Trinajstić information content (AvgIpc) is 2.63. The Kier molecular flexibility index (Phi) is 5.52. The summed E-state index contributed by atoms with van der Waals surface area (Å²) in [6.45, 7) is 6.31. The molecule has 3 rings (SSSR count). The minimum atomic E-state index is -0.883. The Hall–Kier alpha value is -2.73. The quantitative estimate of drug-likeness (QED) is 0.315. The Bertz CT molecular complexity index is 1040. The summed E-state index contributed by atoms with van der Waals surface area (Å²) in [5.41, 5.74) is 1.02. The predicted octanol–water partition coefficient (Wildman–Crippen LogP) is 7.25. The van der Waals surface area contributed by atoms with Crippen LogP contribution in [0.2, 0.25) is 0 Å². The zero-order chi connectivity index (χ0) is 20.5. The fourth-order valence-electron chi connectivity index (χ4n) is 2.81. The number of hydrogen-bond acceptors (Lipinski definition) is 3. The van der Waals surface area contributed by atoms with Crippen molar-refractivity contribution in [1.29, 1.82) is 0 Å². The molecule has 0 unspecified atom stereocenters. The first-order valence-corrected chi connectivity index (χ1v) is 9.48. The molecule has 0 aliphatic rings. The van der Waals surface area contributed by atoms with Gasteiger partial charge in [0.05, 0.1) is 9.40 Å². The van der Waals surface area contributed by atoms with Gasteiger partial charge in [0, 0.05) is 17.2 Å². The van der Waals surface area contributed by atoms with Crippen LogP contribution in [0, 0.1) is 15.9 Å². The van der Waals surface area contributed by atoms with Crippen molar-refractivity contribution in [3.8, 4) is 22.6 Å². The number of halogens is 2. The summed E-state index contributed by atoms with van der Waals surface area (Å²) in [4.78, 5) is 10.4. The van der Waals surface area contributed by atoms with E-state index in [1.807, 2.05) is 18.2 Å². The van der Waals surface area contributed by atoms with Crippen LogP contribution in [0.1, 0.15) is 26.3 Å². The van der Waals surface area contributed by atoms with Crippen molar-refractivity contribution in [3.63, 3.8) is 0 Å². The second-order valence-electron chi connectivity index (χ2n) is 7.39. The van der Waals surface area contributed by atoms with Gasteiger partial charge in [0.2, 0.25) is 5.82 Å². The van der Waals surface area contributed by atoms with Crippen LogP contribution < -0.4 is 4.74 Å². The molecule has 3 aromatic carbocycles. The fourth-order valence-corrected chi connectivity index (χ4v) is 3.14. The SMILES string of the molecule is CC(C)(C)c1ccc(Br)c(Oc2ccccc2-c2cccc([N+](=O)[O-])c2F)c1. The number of ether oxygens (including phenoxy) is 1. The molecule has 0 fully saturated rings. The molecule has 0 amide bonds. The van der Waals surface area contributed by atoms with Gasteiger partial charge >= 0.3 is 5.69 Å². The van der Waals surface area contributed by atoms with E-state index in [0.717, 1.165) is 16.1 Å². The molecule has 144 valence electrons. The van der Waals surface area contributed by atoms with Crippen molar-refractivity contribution in [2.45, 2.75) is 26.2 Å². The van der Waals surface area contributed by atoms with E-state index in [1.54, 1.807) is 24.3 Å². The highest BCUT2D eigenvalue weighted by Gasteiger charge is 2.21. The third kappa shape index (κ3) is 4.07. The molecule has 6 heteroatoms. The summed E-state index contributed by atoms with van der Waals surface area (Å²) >= 11 is 3.49. The van der Waals surface area contributed by atoms with Gasteiger partial charge in [-0.25, -0.2) is 0 Å². The van der Waals surface area contributed by atoms with Gasteiger partial charge in [0.15, 0.2) is 0 Å². The van der Waals surface area contributed by atoms with Crippen LogP contribution in [0.25, 0.3) is 11.1 Å². The number of nitrogens with zero attached hydrogens (tertiary/aromatic N) is 1. The van der Waals surface area contributed by atoms with Crippen LogP contribution in [0.3, 0.4) is 0 Å². The number of para-hydroxylation sites is 1. The van der Waals surface area contributed by atoms with Gasteiger partial charge < -0.3 is 4.74 Å². The topological polar surface area (TPSA) is 52.4 Å². The van der Waals surface area contributed by atoms with Crippen molar-refractivity contribution < 1.29 is 14.1 Å². The number of nitro groups is 1. The summed E-state index contributed by atoms with van der Waals surface area (Å²) < 4.78 is 21.6. The Balaban J connectivity index is 2.09. The third-order valence-corrected chi connectivity index (χ3v) is 5.02. The van der Waals surface area contributed by atoms with Crippen LogP contribution in [-0.4, -0.2) is 4.92 Å². The molecular weight excluding hydrogens is 425 g/mol. The maximum absolute atomic E-state index is 14.7. The lowest BCUT2D eigenvalue weighted by Crippen LogP contribution is -2.10. The molecule has 3 aromatic rings. The van der Waals surface area contributed by atoms with Gasteiger partial charge in [-0.1, -0.05) is 57.2 Å². The zero-order valence-electron chi connectivity index (χ0n) is 15.7. The minimum Gasteiger partial charge on any atom is -0.456 e. The van der Waals surface area contributed by atoms with E-state index < -0.39 is 16.4 Å². The highest BCUT2D eigenvalue weighted by atomic mass is 79.9. The number of rotatable bonds is 4. The highest BCUT2D eigenvalue weighted by molar-refractivity contribution is 9.10. The van der Waals surface area contributed by atoms with E-state index in [9.17, 15) is 14.5 Å². The van der Waals surface area contributed by atoms with Gasteiger partial charge in [-0.2, -0.15) is 4.39 Å². The number of hydrogen-bond donors (Lipinski definition) is 0. The fraction of sp³-hybridized carbons (Fsp3) is 0.182. The van der Waals surface area contributed by atoms with Crippen LogP contribution in [0.4, 0.5) is 10.1 Å². The maximum atomic E-state index is 14.7. The minimum absolute atomic E-state index is 0.0650. The molecule has 0 N–H and O–H groups in total. The average molecular weight is 444 g/mol. The monoisotopic (exact) mass is 443 g/mol. The summed E-state index contributed by atoms with van der Waals surface area (Å²) in [5, 5.41) is 11.1. The largest absolute Gasteiger partial charge is 0.456 e. The van der Waals surface area contributed by atoms with Gasteiger partial charge in [-0.3, -0.25) is 10.1 Å². The molecule has 0 atom stereocenters. The van der Waals surface area contributed by atoms with Crippen LogP contribution in [-0.2, 0) is 5.41 Å². The summed E-state index contributed by atoms with van der Waals surface area (Å²) in [7, 11) is 0. The van der Waals surface area contributed by atoms with Gasteiger partial charge in [-0.05, 0) is 45.1 Å². The van der Waals surface area contributed by atoms with Gasteiger partial charge in [0.1, 0.15) is 11.5 Å². The Morgan fingerprint density at radius 1 is 0.964 bits per heavy atom. The van der Waals surface area contributed by atoms with Crippen molar-refractivity contribution in [2.24, 2.45) is 0 Å². The summed E-state index contributed by atoms with van der Waals surface area (Å²) in [6, 6.07) is 16.9. The Morgan fingerprint density at radius 3 is 2.32 bits per heavy atom. The van der Waals surface area contributed by atoms with Gasteiger partial charge in [0.25, 0.3) is 0 Å². The smallest absolute Gasteiger partial charge is 0.305 e. The second-order valence-corrected chi connectivity index (χ2v) is 8.24. The van der Waals surface area contributed by atoms with Crippen molar-refractivity contribution >= 4 is 21.6 Å². The van der Waals surface area contributed by atoms with Gasteiger partial charge in [-0.15, -0.1) is 0 Å².